The number of carbonyl (C=O) groups excluding carboxylic acids is 2. The van der Waals surface area contributed by atoms with Gasteiger partial charge in [-0.15, -0.1) is 0 Å². The molecule has 5 heteroatoms. The van der Waals surface area contributed by atoms with Crippen molar-refractivity contribution >= 4 is 23.6 Å². The van der Waals surface area contributed by atoms with Gasteiger partial charge in [0.1, 0.15) is 5.82 Å². The zero-order valence-corrected chi connectivity index (χ0v) is 17.1. The highest BCUT2D eigenvalue weighted by Crippen LogP contribution is 2.38. The quantitative estimate of drug-likeness (QED) is 0.750. The molecular weight excluding hydrogens is 367 g/mol. The minimum Gasteiger partial charge on any atom is -0.353 e. The summed E-state index contributed by atoms with van der Waals surface area (Å²) in [5, 5.41) is 3.06. The molecule has 4 nitrogen and oxygen atoms in total. The predicted molar refractivity (Wildman–Crippen MR) is 114 cm³/mol. The average molecular weight is 394 g/mol. The van der Waals surface area contributed by atoms with Gasteiger partial charge in [0.25, 0.3) is 5.91 Å². The van der Waals surface area contributed by atoms with Gasteiger partial charge in [0.05, 0.1) is 5.92 Å². The molecule has 1 aliphatic heterocycles. The molecule has 1 N–H and O–H groups in total. The average Bonchev–Trinajstić information content (AvgIpc) is 2.71. The topological polar surface area (TPSA) is 49.4 Å². The molecule has 1 aliphatic rings. The van der Waals surface area contributed by atoms with Gasteiger partial charge in [0.2, 0.25) is 5.91 Å². The molecule has 0 aliphatic carbocycles. The summed E-state index contributed by atoms with van der Waals surface area (Å²) < 4.78 is 13.4. The Bertz CT molecular complexity index is 925. The number of halogens is 1. The molecule has 0 radical (unpaired) electrons. The van der Waals surface area contributed by atoms with Gasteiger partial charge in [-0.1, -0.05) is 37.3 Å². The van der Waals surface area contributed by atoms with E-state index in [2.05, 4.69) is 5.32 Å². The molecule has 0 aromatic heterocycles. The van der Waals surface area contributed by atoms with E-state index < -0.39 is 0 Å². The molecule has 152 valence electrons. The second-order valence-electron chi connectivity index (χ2n) is 7.61. The first-order chi connectivity index (χ1) is 13.9. The number of benzene rings is 2. The number of hydrogen-bond acceptors (Lipinski definition) is 2. The lowest BCUT2D eigenvalue weighted by atomic mass is 9.85. The summed E-state index contributed by atoms with van der Waals surface area (Å²) in [6.07, 6.45) is 4.49. The molecule has 2 amide bonds. The van der Waals surface area contributed by atoms with Crippen molar-refractivity contribution in [2.45, 2.75) is 51.6 Å². The van der Waals surface area contributed by atoms with Gasteiger partial charge in [0, 0.05) is 23.8 Å². The zero-order valence-electron chi connectivity index (χ0n) is 17.1. The minimum atomic E-state index is -0.341. The molecule has 2 aromatic rings. The smallest absolute Gasteiger partial charge is 0.251 e. The minimum absolute atomic E-state index is 0.000974. The van der Waals surface area contributed by atoms with Crippen LogP contribution in [0.25, 0.3) is 6.08 Å². The lowest BCUT2D eigenvalue weighted by molar-refractivity contribution is -0.124. The number of amides is 2. The zero-order chi connectivity index (χ0) is 21.0. The third-order valence-corrected chi connectivity index (χ3v) is 5.41. The number of nitrogens with zero attached hydrogens (tertiary/aromatic N) is 1. The first-order valence-electron chi connectivity index (χ1n) is 10.1. The van der Waals surface area contributed by atoms with Gasteiger partial charge in [-0.3, -0.25) is 9.59 Å². The lowest BCUT2D eigenvalue weighted by Gasteiger charge is -2.38. The Morgan fingerprint density at radius 1 is 1.24 bits per heavy atom. The summed E-state index contributed by atoms with van der Waals surface area (Å²) in [5.74, 6) is -0.811. The maximum atomic E-state index is 13.4. The maximum Gasteiger partial charge on any atom is 0.251 e. The van der Waals surface area contributed by atoms with Crippen LogP contribution in [0.3, 0.4) is 0 Å². The highest BCUT2D eigenvalue weighted by molar-refractivity contribution is 6.06. The van der Waals surface area contributed by atoms with Crippen LogP contribution in [-0.2, 0) is 9.59 Å². The Hall–Kier alpha value is -2.95. The van der Waals surface area contributed by atoms with E-state index >= 15 is 0 Å². The summed E-state index contributed by atoms with van der Waals surface area (Å²) in [6, 6.07) is 13.6. The van der Waals surface area contributed by atoms with E-state index in [0.29, 0.717) is 12.0 Å². The molecule has 0 spiro atoms. The molecule has 29 heavy (non-hydrogen) atoms. The Kier molecular flexibility index (Phi) is 6.47. The molecule has 3 rings (SSSR count). The fourth-order valence-corrected chi connectivity index (χ4v) is 3.70. The standard InChI is InChI=1S/C24H27FN2O2/c1-4-16(2)26-24(29)21-14-17(3)27(22-11-6-5-10-20(21)22)23(28)13-12-18-8-7-9-19(25)15-18/h5-13,15-17,21H,4,14H2,1-3H3,(H,26,29)/b13-12-/t16-,17-,21+/m0/s1. The van der Waals surface area contributed by atoms with Crippen LogP contribution in [0, 0.1) is 5.82 Å². The Morgan fingerprint density at radius 2 is 2.00 bits per heavy atom. The maximum absolute atomic E-state index is 13.4. The number of nitrogens with one attached hydrogen (secondary N) is 1. The van der Waals surface area contributed by atoms with E-state index in [1.807, 2.05) is 45.0 Å². The predicted octanol–water partition coefficient (Wildman–Crippen LogP) is 4.66. The van der Waals surface area contributed by atoms with Gasteiger partial charge < -0.3 is 10.2 Å². The van der Waals surface area contributed by atoms with Crippen LogP contribution in [-0.4, -0.2) is 23.9 Å². The number of hydrogen-bond donors (Lipinski definition) is 1. The molecular formula is C24H27FN2O2. The monoisotopic (exact) mass is 394 g/mol. The Morgan fingerprint density at radius 3 is 2.72 bits per heavy atom. The molecule has 0 saturated heterocycles. The van der Waals surface area contributed by atoms with Crippen LogP contribution in [0.2, 0.25) is 0 Å². The molecule has 0 unspecified atom stereocenters. The molecule has 1 heterocycles. The fourth-order valence-electron chi connectivity index (χ4n) is 3.70. The van der Waals surface area contributed by atoms with E-state index in [0.717, 1.165) is 17.7 Å². The van der Waals surface area contributed by atoms with Gasteiger partial charge in [-0.25, -0.2) is 4.39 Å². The highest BCUT2D eigenvalue weighted by atomic mass is 19.1. The first kappa shape index (κ1) is 20.8. The summed E-state index contributed by atoms with van der Waals surface area (Å²) in [5.41, 5.74) is 2.24. The second kappa shape index (κ2) is 9.03. The summed E-state index contributed by atoms with van der Waals surface area (Å²) >= 11 is 0. The Balaban J connectivity index is 1.87. The van der Waals surface area contributed by atoms with Gasteiger partial charge in [-0.05, 0) is 62.1 Å². The highest BCUT2D eigenvalue weighted by Gasteiger charge is 2.36. The van der Waals surface area contributed by atoms with Gasteiger partial charge >= 0.3 is 0 Å². The van der Waals surface area contributed by atoms with Crippen LogP contribution < -0.4 is 10.2 Å². The SMILES string of the molecule is CC[C@H](C)NC(=O)[C@@H]1C[C@H](C)N(C(=O)/C=C\c2cccc(F)c2)c2ccccc21. The molecule has 0 saturated carbocycles. The van der Waals surface area contributed by atoms with E-state index in [9.17, 15) is 14.0 Å². The Labute approximate surface area is 171 Å². The summed E-state index contributed by atoms with van der Waals surface area (Å²) in [7, 11) is 0. The first-order valence-corrected chi connectivity index (χ1v) is 10.1. The van der Waals surface area contributed by atoms with Crippen molar-refractivity contribution in [2.75, 3.05) is 4.90 Å². The molecule has 0 fully saturated rings. The van der Waals surface area contributed by atoms with Crippen molar-refractivity contribution in [3.63, 3.8) is 0 Å². The number of carbonyl (C=O) groups is 2. The van der Waals surface area contributed by atoms with E-state index in [1.54, 1.807) is 23.1 Å². The fraction of sp³-hybridized carbons (Fsp3) is 0.333. The summed E-state index contributed by atoms with van der Waals surface area (Å²) in [4.78, 5) is 27.5. The van der Waals surface area contributed by atoms with Crippen molar-refractivity contribution in [2.24, 2.45) is 0 Å². The van der Waals surface area contributed by atoms with E-state index in [1.165, 1.54) is 18.2 Å². The van der Waals surface area contributed by atoms with Gasteiger partial charge in [0.15, 0.2) is 0 Å². The number of para-hydroxylation sites is 1. The van der Waals surface area contributed by atoms with Crippen molar-refractivity contribution in [1.29, 1.82) is 0 Å². The molecule has 2 aromatic carbocycles. The third kappa shape index (κ3) is 4.73. The van der Waals surface area contributed by atoms with Crippen LogP contribution in [0.4, 0.5) is 10.1 Å². The van der Waals surface area contributed by atoms with Gasteiger partial charge in [-0.2, -0.15) is 0 Å². The molecule has 3 atom stereocenters. The van der Waals surface area contributed by atoms with E-state index in [-0.39, 0.29) is 35.6 Å². The number of rotatable bonds is 5. The second-order valence-corrected chi connectivity index (χ2v) is 7.61. The molecule has 0 bridgehead atoms. The number of fused-ring (bicyclic) bond motifs is 1. The third-order valence-electron chi connectivity index (χ3n) is 5.41. The lowest BCUT2D eigenvalue weighted by Crippen LogP contribution is -2.46. The van der Waals surface area contributed by atoms with E-state index in [4.69, 9.17) is 0 Å². The van der Waals surface area contributed by atoms with Crippen molar-refractivity contribution < 1.29 is 14.0 Å². The van der Waals surface area contributed by atoms with Crippen LogP contribution in [0.1, 0.15) is 50.7 Å². The summed E-state index contributed by atoms with van der Waals surface area (Å²) in [6.45, 7) is 5.98. The van der Waals surface area contributed by atoms with Crippen LogP contribution in [0.15, 0.2) is 54.6 Å². The largest absolute Gasteiger partial charge is 0.353 e. The number of anilines is 1. The van der Waals surface area contributed by atoms with Crippen LogP contribution >= 0.6 is 0 Å². The van der Waals surface area contributed by atoms with Crippen LogP contribution in [0.5, 0.6) is 0 Å². The normalized spacial score (nSPS) is 19.7. The van der Waals surface area contributed by atoms with Crippen molar-refractivity contribution in [3.8, 4) is 0 Å². The van der Waals surface area contributed by atoms with Crippen molar-refractivity contribution in [1.82, 2.24) is 5.32 Å². The van der Waals surface area contributed by atoms with Crippen molar-refractivity contribution in [3.05, 3.63) is 71.6 Å².